The van der Waals surface area contributed by atoms with E-state index in [0.717, 1.165) is 43.0 Å². The van der Waals surface area contributed by atoms with Crippen LogP contribution in [0.2, 0.25) is 0 Å². The van der Waals surface area contributed by atoms with Crippen molar-refractivity contribution in [3.8, 4) is 0 Å². The third kappa shape index (κ3) is 4.79. The largest absolute Gasteiger partial charge is 0.444 e. The van der Waals surface area contributed by atoms with E-state index in [1.54, 1.807) is 26.8 Å². The van der Waals surface area contributed by atoms with Crippen LogP contribution in [0, 0.1) is 6.92 Å². The minimum absolute atomic E-state index is 0.213. The van der Waals surface area contributed by atoms with Gasteiger partial charge in [-0.25, -0.2) is 14.8 Å². The van der Waals surface area contributed by atoms with Gasteiger partial charge in [0.2, 0.25) is 0 Å². The lowest BCUT2D eigenvalue weighted by Gasteiger charge is -2.19. The molecule has 2 amide bonds. The number of hydrogen-bond donors (Lipinski definition) is 2. The number of ether oxygens (including phenoxy) is 1. The van der Waals surface area contributed by atoms with Crippen molar-refractivity contribution < 1.29 is 14.3 Å². The second kappa shape index (κ2) is 8.16. The maximum Gasteiger partial charge on any atom is 0.407 e. The smallest absolute Gasteiger partial charge is 0.407 e. The summed E-state index contributed by atoms with van der Waals surface area (Å²) < 4.78 is 7.32. The van der Waals surface area contributed by atoms with Crippen molar-refractivity contribution in [1.29, 1.82) is 0 Å². The summed E-state index contributed by atoms with van der Waals surface area (Å²) in [5.41, 5.74) is 2.21. The Morgan fingerprint density at radius 1 is 1.14 bits per heavy atom. The first kappa shape index (κ1) is 20.1. The van der Waals surface area contributed by atoms with Crippen molar-refractivity contribution >= 4 is 23.2 Å². The molecule has 0 bridgehead atoms. The molecule has 0 spiro atoms. The number of fused-ring (bicyclic) bond motifs is 3. The summed E-state index contributed by atoms with van der Waals surface area (Å²) in [6.07, 6.45) is 3.82. The van der Waals surface area contributed by atoms with Crippen LogP contribution in [-0.4, -0.2) is 45.2 Å². The van der Waals surface area contributed by atoms with Gasteiger partial charge in [0.05, 0.1) is 5.56 Å². The van der Waals surface area contributed by atoms with Gasteiger partial charge in [-0.1, -0.05) is 6.42 Å². The number of aryl methyl sites for hydroxylation is 3. The van der Waals surface area contributed by atoms with Gasteiger partial charge in [0, 0.05) is 31.7 Å². The van der Waals surface area contributed by atoms with Gasteiger partial charge in [0.25, 0.3) is 5.91 Å². The second-order valence-electron chi connectivity index (χ2n) is 8.16. The molecule has 8 nitrogen and oxygen atoms in total. The van der Waals surface area contributed by atoms with Crippen LogP contribution < -0.4 is 10.6 Å². The number of rotatable bonds is 4. The molecule has 0 aliphatic carbocycles. The number of carbonyl (C=O) groups excluding carboxylic acids is 2. The molecule has 152 valence electrons. The second-order valence-corrected chi connectivity index (χ2v) is 8.16. The Labute approximate surface area is 165 Å². The molecule has 3 heterocycles. The topological polar surface area (TPSA) is 98.1 Å². The number of hydrogen-bond acceptors (Lipinski definition) is 5. The zero-order valence-corrected chi connectivity index (χ0v) is 17.1. The fraction of sp³-hybridized carbons (Fsp3) is 0.600. The van der Waals surface area contributed by atoms with Crippen LogP contribution in [0.15, 0.2) is 6.07 Å². The fourth-order valence-corrected chi connectivity index (χ4v) is 3.34. The summed E-state index contributed by atoms with van der Waals surface area (Å²) in [5, 5.41) is 5.48. The molecule has 2 N–H and O–H groups in total. The van der Waals surface area contributed by atoms with E-state index in [-0.39, 0.29) is 12.5 Å². The molecule has 28 heavy (non-hydrogen) atoms. The standard InChI is InChI=1S/C20H29N5O3/c1-13-12-14(18(26)21-9-10-22-19(27)28-20(2,3)4)16-17(23-13)25-11-7-5-6-8-15(25)24-16/h12H,5-11H2,1-4H3,(H,21,26)(H,22,27). The van der Waals surface area contributed by atoms with E-state index in [2.05, 4.69) is 20.2 Å². The van der Waals surface area contributed by atoms with E-state index in [0.29, 0.717) is 17.6 Å². The summed E-state index contributed by atoms with van der Waals surface area (Å²) in [7, 11) is 0. The molecule has 2 aromatic heterocycles. The first-order valence-electron chi connectivity index (χ1n) is 9.86. The molecule has 3 rings (SSSR count). The number of amides is 2. The van der Waals surface area contributed by atoms with Crippen LogP contribution in [0.1, 0.15) is 61.9 Å². The van der Waals surface area contributed by atoms with Gasteiger partial charge < -0.3 is 19.9 Å². The van der Waals surface area contributed by atoms with Crippen LogP contribution in [0.4, 0.5) is 4.79 Å². The zero-order valence-electron chi connectivity index (χ0n) is 17.1. The van der Waals surface area contributed by atoms with Gasteiger partial charge in [-0.05, 0) is 46.6 Å². The summed E-state index contributed by atoms with van der Waals surface area (Å²) in [6, 6.07) is 1.77. The Morgan fingerprint density at radius 3 is 2.64 bits per heavy atom. The molecule has 8 heteroatoms. The number of nitrogens with zero attached hydrogens (tertiary/aromatic N) is 3. The number of nitrogens with one attached hydrogen (secondary N) is 2. The molecule has 0 saturated carbocycles. The monoisotopic (exact) mass is 387 g/mol. The Balaban J connectivity index is 1.68. The van der Waals surface area contributed by atoms with E-state index in [4.69, 9.17) is 9.72 Å². The number of carbonyl (C=O) groups is 2. The van der Waals surface area contributed by atoms with E-state index in [1.165, 1.54) is 6.42 Å². The van der Waals surface area contributed by atoms with Gasteiger partial charge in [0.15, 0.2) is 5.65 Å². The van der Waals surface area contributed by atoms with Crippen molar-refractivity contribution in [3.05, 3.63) is 23.1 Å². The lowest BCUT2D eigenvalue weighted by Crippen LogP contribution is -2.37. The van der Waals surface area contributed by atoms with Gasteiger partial charge in [-0.15, -0.1) is 0 Å². The molecule has 2 aromatic rings. The highest BCUT2D eigenvalue weighted by molar-refractivity contribution is 6.04. The van der Waals surface area contributed by atoms with E-state index < -0.39 is 11.7 Å². The summed E-state index contributed by atoms with van der Waals surface area (Å²) >= 11 is 0. The highest BCUT2D eigenvalue weighted by Gasteiger charge is 2.21. The van der Waals surface area contributed by atoms with Gasteiger partial charge in [-0.2, -0.15) is 0 Å². The summed E-state index contributed by atoms with van der Waals surface area (Å²) in [6.45, 7) is 8.77. The molecular formula is C20H29N5O3. The predicted octanol–water partition coefficient (Wildman–Crippen LogP) is 2.72. The van der Waals surface area contributed by atoms with Crippen molar-refractivity contribution in [1.82, 2.24) is 25.2 Å². The van der Waals surface area contributed by atoms with Gasteiger partial charge in [-0.3, -0.25) is 4.79 Å². The lowest BCUT2D eigenvalue weighted by atomic mass is 10.2. The van der Waals surface area contributed by atoms with Crippen molar-refractivity contribution in [2.75, 3.05) is 13.1 Å². The van der Waals surface area contributed by atoms with E-state index in [9.17, 15) is 9.59 Å². The Kier molecular flexibility index (Phi) is 5.86. The van der Waals surface area contributed by atoms with Gasteiger partial charge in [0.1, 0.15) is 16.9 Å². The molecular weight excluding hydrogens is 358 g/mol. The van der Waals surface area contributed by atoms with E-state index in [1.807, 2.05) is 6.92 Å². The van der Waals surface area contributed by atoms with Gasteiger partial charge >= 0.3 is 6.09 Å². The molecule has 0 unspecified atom stereocenters. The minimum atomic E-state index is -0.549. The molecule has 0 fully saturated rings. The molecule has 1 aliphatic heterocycles. The summed E-state index contributed by atoms with van der Waals surface area (Å²) in [5.74, 6) is 0.793. The van der Waals surface area contributed by atoms with Crippen molar-refractivity contribution in [2.24, 2.45) is 0 Å². The van der Waals surface area contributed by atoms with Crippen LogP contribution >= 0.6 is 0 Å². The Bertz CT molecular complexity index is 882. The number of alkyl carbamates (subject to hydrolysis) is 1. The number of pyridine rings is 1. The molecule has 0 atom stereocenters. The maximum absolute atomic E-state index is 12.7. The normalized spacial score (nSPS) is 14.3. The SMILES string of the molecule is Cc1cc(C(=O)NCCNC(=O)OC(C)(C)C)c2nc3n(c2n1)CCCCC3. The minimum Gasteiger partial charge on any atom is -0.444 e. The lowest BCUT2D eigenvalue weighted by molar-refractivity contribution is 0.0526. The first-order chi connectivity index (χ1) is 13.2. The Hall–Kier alpha value is -2.64. The molecule has 1 aliphatic rings. The fourth-order valence-electron chi connectivity index (χ4n) is 3.34. The quantitative estimate of drug-likeness (QED) is 0.786. The highest BCUT2D eigenvalue weighted by atomic mass is 16.6. The van der Waals surface area contributed by atoms with Crippen LogP contribution in [0.5, 0.6) is 0 Å². The van der Waals surface area contributed by atoms with Crippen LogP contribution in [-0.2, 0) is 17.7 Å². The summed E-state index contributed by atoms with van der Waals surface area (Å²) in [4.78, 5) is 33.8. The Morgan fingerprint density at radius 2 is 1.89 bits per heavy atom. The number of aromatic nitrogens is 3. The third-order valence-corrected chi connectivity index (χ3v) is 4.52. The average molecular weight is 387 g/mol. The third-order valence-electron chi connectivity index (χ3n) is 4.52. The molecule has 0 aromatic carbocycles. The number of imidazole rings is 1. The first-order valence-corrected chi connectivity index (χ1v) is 9.86. The average Bonchev–Trinajstić information content (AvgIpc) is 2.78. The van der Waals surface area contributed by atoms with Crippen LogP contribution in [0.3, 0.4) is 0 Å². The van der Waals surface area contributed by atoms with Crippen molar-refractivity contribution in [3.63, 3.8) is 0 Å². The molecule has 0 saturated heterocycles. The molecule has 0 radical (unpaired) electrons. The highest BCUT2D eigenvalue weighted by Crippen LogP contribution is 2.23. The van der Waals surface area contributed by atoms with Crippen molar-refractivity contribution in [2.45, 2.75) is 65.5 Å². The van der Waals surface area contributed by atoms with Crippen LogP contribution in [0.25, 0.3) is 11.2 Å². The predicted molar refractivity (Wildman–Crippen MR) is 106 cm³/mol. The van der Waals surface area contributed by atoms with E-state index >= 15 is 0 Å². The maximum atomic E-state index is 12.7. The zero-order chi connectivity index (χ0) is 20.3.